The largest absolute Gasteiger partial charge is 0.433 e. The fraction of sp³-hybridized carbons (Fsp3) is 0.739. The maximum atomic E-state index is 7.02. The SMILES string of the molecule is C[Si](C)(CCCOC[C@@H]1CO1)O[Si](C)(O[Si](C)(C)CCCOC[C@@H]1CO1)c1ccccc1. The molecule has 0 unspecified atom stereocenters. The number of hydrogen-bond donors (Lipinski definition) is 0. The molecule has 0 aliphatic carbocycles. The van der Waals surface area contributed by atoms with E-state index >= 15 is 0 Å². The molecule has 6 nitrogen and oxygen atoms in total. The Balaban J connectivity index is 1.53. The summed E-state index contributed by atoms with van der Waals surface area (Å²) in [7, 11) is -6.39. The van der Waals surface area contributed by atoms with Crippen LogP contribution >= 0.6 is 0 Å². The second-order valence-electron chi connectivity index (χ2n) is 10.3. The van der Waals surface area contributed by atoms with Gasteiger partial charge in [-0.3, -0.25) is 0 Å². The minimum atomic E-state index is -2.55. The smallest absolute Gasteiger partial charge is 0.348 e. The highest BCUT2D eigenvalue weighted by Gasteiger charge is 2.44. The van der Waals surface area contributed by atoms with Crippen LogP contribution < -0.4 is 5.19 Å². The third-order valence-corrected chi connectivity index (χ3v) is 17.8. The molecular formula is C23H42O6Si3. The van der Waals surface area contributed by atoms with Crippen molar-refractivity contribution in [3.8, 4) is 0 Å². The maximum Gasteiger partial charge on any atom is 0.348 e. The van der Waals surface area contributed by atoms with Crippen LogP contribution in [0.5, 0.6) is 0 Å². The summed E-state index contributed by atoms with van der Waals surface area (Å²) in [6, 6.07) is 12.7. The molecule has 2 aliphatic rings. The lowest BCUT2D eigenvalue weighted by Crippen LogP contribution is -2.61. The van der Waals surface area contributed by atoms with E-state index in [9.17, 15) is 0 Å². The summed E-state index contributed by atoms with van der Waals surface area (Å²) in [5.74, 6) is 0. The van der Waals surface area contributed by atoms with Crippen molar-refractivity contribution in [1.29, 1.82) is 0 Å². The Morgan fingerprint density at radius 3 is 1.59 bits per heavy atom. The van der Waals surface area contributed by atoms with E-state index in [2.05, 4.69) is 63.1 Å². The van der Waals surface area contributed by atoms with Gasteiger partial charge in [0.25, 0.3) is 0 Å². The van der Waals surface area contributed by atoms with Gasteiger partial charge in [0, 0.05) is 13.2 Å². The lowest BCUT2D eigenvalue weighted by molar-refractivity contribution is 0.116. The van der Waals surface area contributed by atoms with E-state index in [0.29, 0.717) is 12.2 Å². The lowest BCUT2D eigenvalue weighted by Gasteiger charge is -2.41. The molecule has 0 saturated carbocycles. The van der Waals surface area contributed by atoms with Crippen LogP contribution in [-0.4, -0.2) is 77.0 Å². The Morgan fingerprint density at radius 1 is 0.750 bits per heavy atom. The Kier molecular flexibility index (Phi) is 9.72. The van der Waals surface area contributed by atoms with Crippen LogP contribution in [0.4, 0.5) is 0 Å². The molecule has 32 heavy (non-hydrogen) atoms. The van der Waals surface area contributed by atoms with E-state index in [0.717, 1.165) is 64.6 Å². The molecule has 2 fully saturated rings. The summed E-state index contributed by atoms with van der Waals surface area (Å²) in [5.41, 5.74) is 0. The molecule has 0 N–H and O–H groups in total. The first-order valence-corrected chi connectivity index (χ1v) is 20.6. The molecule has 2 heterocycles. The highest BCUT2D eigenvalue weighted by molar-refractivity contribution is 6.94. The minimum Gasteiger partial charge on any atom is -0.433 e. The summed E-state index contributed by atoms with van der Waals surface area (Å²) in [6.07, 6.45) is 2.71. The van der Waals surface area contributed by atoms with Gasteiger partial charge in [-0.15, -0.1) is 0 Å². The molecule has 2 atom stereocenters. The lowest BCUT2D eigenvalue weighted by atomic mass is 10.4. The molecule has 0 radical (unpaired) electrons. The molecule has 182 valence electrons. The standard InChI is InChI=1S/C23H42O6Si3/c1-30(2,15-9-13-24-17-21-19-26-21)28-32(5,23-11-7-6-8-12-23)29-31(3,4)16-10-14-25-18-22-20-27-22/h6-8,11-12,21-22H,9-10,13-20H2,1-5H3/t21-,22-/m1/s1. The first-order chi connectivity index (χ1) is 15.2. The molecule has 2 saturated heterocycles. The third kappa shape index (κ3) is 9.86. The van der Waals surface area contributed by atoms with E-state index in [4.69, 9.17) is 27.2 Å². The van der Waals surface area contributed by atoms with Crippen LogP contribution in [0.1, 0.15) is 12.8 Å². The van der Waals surface area contributed by atoms with Crippen molar-refractivity contribution in [1.82, 2.24) is 0 Å². The average molecular weight is 499 g/mol. The van der Waals surface area contributed by atoms with Gasteiger partial charge in [0.05, 0.1) is 26.4 Å². The summed E-state index contributed by atoms with van der Waals surface area (Å²) >= 11 is 0. The molecule has 0 bridgehead atoms. The summed E-state index contributed by atoms with van der Waals surface area (Å²) in [5, 5.41) is 1.23. The number of benzene rings is 1. The van der Waals surface area contributed by atoms with Gasteiger partial charge in [-0.2, -0.15) is 0 Å². The third-order valence-electron chi connectivity index (χ3n) is 5.79. The van der Waals surface area contributed by atoms with Gasteiger partial charge in [0.1, 0.15) is 12.2 Å². The van der Waals surface area contributed by atoms with Crippen LogP contribution in [0.3, 0.4) is 0 Å². The zero-order valence-electron chi connectivity index (χ0n) is 20.6. The van der Waals surface area contributed by atoms with E-state index in [1.165, 1.54) is 5.19 Å². The van der Waals surface area contributed by atoms with Crippen LogP contribution in [0.2, 0.25) is 44.8 Å². The molecule has 2 aliphatic heterocycles. The molecule has 9 heteroatoms. The zero-order chi connectivity index (χ0) is 23.1. The van der Waals surface area contributed by atoms with Crippen molar-refractivity contribution >= 4 is 30.4 Å². The molecular weight excluding hydrogens is 457 g/mol. The molecule has 0 spiro atoms. The maximum absolute atomic E-state index is 7.02. The van der Waals surface area contributed by atoms with Crippen molar-refractivity contribution in [2.45, 2.75) is 69.9 Å². The second-order valence-corrected chi connectivity index (χ2v) is 22.4. The van der Waals surface area contributed by atoms with Crippen molar-refractivity contribution in [3.05, 3.63) is 30.3 Å². The Bertz CT molecular complexity index is 644. The van der Waals surface area contributed by atoms with Gasteiger partial charge in [0.15, 0.2) is 16.6 Å². The Morgan fingerprint density at radius 2 is 1.19 bits per heavy atom. The van der Waals surface area contributed by atoms with Crippen LogP contribution in [-0.2, 0) is 27.2 Å². The average Bonchev–Trinajstić information content (AvgIpc) is 3.62. The van der Waals surface area contributed by atoms with Gasteiger partial charge in [-0.1, -0.05) is 30.3 Å². The van der Waals surface area contributed by atoms with E-state index < -0.39 is 25.2 Å². The van der Waals surface area contributed by atoms with E-state index in [-0.39, 0.29) is 0 Å². The summed E-state index contributed by atoms with van der Waals surface area (Å²) in [6.45, 7) is 16.2. The van der Waals surface area contributed by atoms with Gasteiger partial charge in [-0.05, 0) is 62.9 Å². The Labute approximate surface area is 197 Å². The van der Waals surface area contributed by atoms with Crippen LogP contribution in [0.25, 0.3) is 0 Å². The van der Waals surface area contributed by atoms with Crippen molar-refractivity contribution < 1.29 is 27.2 Å². The molecule has 0 aromatic heterocycles. The molecule has 1 aromatic carbocycles. The van der Waals surface area contributed by atoms with Gasteiger partial charge in [-0.25, -0.2) is 0 Å². The zero-order valence-corrected chi connectivity index (χ0v) is 23.6. The quantitative estimate of drug-likeness (QED) is 0.184. The first-order valence-electron chi connectivity index (χ1n) is 12.0. The highest BCUT2D eigenvalue weighted by Crippen LogP contribution is 2.26. The van der Waals surface area contributed by atoms with Crippen molar-refractivity contribution in [2.75, 3.05) is 39.6 Å². The fourth-order valence-corrected chi connectivity index (χ4v) is 17.5. The normalized spacial score (nSPS) is 21.0. The van der Waals surface area contributed by atoms with Crippen molar-refractivity contribution in [2.24, 2.45) is 0 Å². The summed E-state index contributed by atoms with van der Waals surface area (Å²) in [4.78, 5) is 0. The predicted octanol–water partition coefficient (Wildman–Crippen LogP) is 4.02. The number of ether oxygens (including phenoxy) is 4. The molecule has 0 amide bonds. The van der Waals surface area contributed by atoms with Crippen molar-refractivity contribution in [3.63, 3.8) is 0 Å². The van der Waals surface area contributed by atoms with E-state index in [1.54, 1.807) is 0 Å². The topological polar surface area (TPSA) is 62.0 Å². The van der Waals surface area contributed by atoms with Crippen LogP contribution in [0, 0.1) is 0 Å². The molecule has 3 rings (SSSR count). The van der Waals surface area contributed by atoms with E-state index in [1.807, 2.05) is 0 Å². The second kappa shape index (κ2) is 11.9. The highest BCUT2D eigenvalue weighted by atomic mass is 28.5. The first kappa shape index (κ1) is 26.2. The summed E-state index contributed by atoms with van der Waals surface area (Å²) < 4.78 is 35.9. The number of epoxide rings is 2. The number of rotatable bonds is 17. The van der Waals surface area contributed by atoms with Crippen LogP contribution in [0.15, 0.2) is 30.3 Å². The predicted molar refractivity (Wildman–Crippen MR) is 135 cm³/mol. The fourth-order valence-electron chi connectivity index (χ4n) is 3.99. The van der Waals surface area contributed by atoms with Gasteiger partial charge in [0.2, 0.25) is 0 Å². The van der Waals surface area contributed by atoms with Gasteiger partial charge < -0.3 is 27.2 Å². The van der Waals surface area contributed by atoms with Gasteiger partial charge >= 0.3 is 8.56 Å². The molecule has 1 aromatic rings. The monoisotopic (exact) mass is 498 g/mol. The Hall–Kier alpha value is -0.369. The minimum absolute atomic E-state index is 0.332. The number of hydrogen-bond acceptors (Lipinski definition) is 6.